The Bertz CT molecular complexity index is 908. The summed E-state index contributed by atoms with van der Waals surface area (Å²) in [5.74, 6) is 0.0859. The molecule has 0 saturated carbocycles. The van der Waals surface area contributed by atoms with Gasteiger partial charge in [0, 0.05) is 25.5 Å². The van der Waals surface area contributed by atoms with Crippen molar-refractivity contribution in [1.82, 2.24) is 19.7 Å². The van der Waals surface area contributed by atoms with Crippen molar-refractivity contribution in [3.63, 3.8) is 0 Å². The standard InChI is InChI=1S/C21H22N4O2/c26-20(12-16-6-4-9-22-14-16)24-10-5-11-25-18(15-24)13-19(23-25)21(27)17-7-2-1-3-8-17/h1-4,6-9,13-14,21,27H,5,10-12,15H2. The molecule has 4 rings (SSSR count). The molecular weight excluding hydrogens is 340 g/mol. The molecule has 6 nitrogen and oxygen atoms in total. The maximum atomic E-state index is 12.7. The highest BCUT2D eigenvalue weighted by atomic mass is 16.3. The van der Waals surface area contributed by atoms with Gasteiger partial charge < -0.3 is 10.0 Å². The number of hydrogen-bond acceptors (Lipinski definition) is 4. The van der Waals surface area contributed by atoms with E-state index in [1.807, 2.05) is 58.1 Å². The number of carbonyl (C=O) groups is 1. The van der Waals surface area contributed by atoms with Gasteiger partial charge in [0.05, 0.1) is 24.4 Å². The van der Waals surface area contributed by atoms with E-state index in [2.05, 4.69) is 10.1 Å². The number of benzene rings is 1. The van der Waals surface area contributed by atoms with Gasteiger partial charge in [0.2, 0.25) is 5.91 Å². The van der Waals surface area contributed by atoms with Crippen LogP contribution in [0.1, 0.15) is 35.0 Å². The van der Waals surface area contributed by atoms with Gasteiger partial charge >= 0.3 is 0 Å². The maximum absolute atomic E-state index is 12.7. The van der Waals surface area contributed by atoms with Crippen molar-refractivity contribution < 1.29 is 9.90 Å². The Hall–Kier alpha value is -2.99. The van der Waals surface area contributed by atoms with Gasteiger partial charge in [-0.15, -0.1) is 0 Å². The SMILES string of the molecule is O=C(Cc1cccnc1)N1CCCn2nc(C(O)c3ccccc3)cc2C1. The number of fused-ring (bicyclic) bond motifs is 1. The van der Waals surface area contributed by atoms with Gasteiger partial charge in [-0.25, -0.2) is 0 Å². The summed E-state index contributed by atoms with van der Waals surface area (Å²) in [5, 5.41) is 15.2. The smallest absolute Gasteiger partial charge is 0.227 e. The van der Waals surface area contributed by atoms with E-state index in [0.717, 1.165) is 29.8 Å². The molecule has 1 aliphatic rings. The molecular formula is C21H22N4O2. The van der Waals surface area contributed by atoms with Gasteiger partial charge in [-0.05, 0) is 29.7 Å². The predicted molar refractivity (Wildman–Crippen MR) is 101 cm³/mol. The van der Waals surface area contributed by atoms with Crippen molar-refractivity contribution in [2.45, 2.75) is 32.0 Å². The van der Waals surface area contributed by atoms with E-state index in [1.54, 1.807) is 12.4 Å². The molecule has 1 amide bonds. The lowest BCUT2D eigenvalue weighted by Crippen LogP contribution is -2.32. The van der Waals surface area contributed by atoms with E-state index in [4.69, 9.17) is 0 Å². The maximum Gasteiger partial charge on any atom is 0.227 e. The number of pyridine rings is 1. The molecule has 0 bridgehead atoms. The van der Waals surface area contributed by atoms with E-state index >= 15 is 0 Å². The summed E-state index contributed by atoms with van der Waals surface area (Å²) >= 11 is 0. The first-order valence-electron chi connectivity index (χ1n) is 9.17. The summed E-state index contributed by atoms with van der Waals surface area (Å²) in [6.07, 6.45) is 3.87. The van der Waals surface area contributed by atoms with Crippen LogP contribution in [0.25, 0.3) is 0 Å². The normalized spacial score (nSPS) is 15.1. The molecule has 1 unspecified atom stereocenters. The summed E-state index contributed by atoms with van der Waals surface area (Å²) in [6, 6.07) is 15.2. The number of aliphatic hydroxyl groups is 1. The van der Waals surface area contributed by atoms with Crippen LogP contribution < -0.4 is 0 Å². The third-order valence-corrected chi connectivity index (χ3v) is 4.86. The zero-order valence-corrected chi connectivity index (χ0v) is 15.0. The first-order valence-corrected chi connectivity index (χ1v) is 9.17. The first kappa shape index (κ1) is 17.4. The van der Waals surface area contributed by atoms with Crippen molar-refractivity contribution in [2.75, 3.05) is 6.54 Å². The zero-order valence-electron chi connectivity index (χ0n) is 15.0. The molecule has 3 heterocycles. The van der Waals surface area contributed by atoms with Crippen molar-refractivity contribution in [3.05, 3.63) is 83.4 Å². The number of amides is 1. The highest BCUT2D eigenvalue weighted by Gasteiger charge is 2.23. The highest BCUT2D eigenvalue weighted by molar-refractivity contribution is 5.78. The fourth-order valence-electron chi connectivity index (χ4n) is 3.43. The molecule has 6 heteroatoms. The molecule has 3 aromatic rings. The Morgan fingerprint density at radius 2 is 2.00 bits per heavy atom. The van der Waals surface area contributed by atoms with E-state index in [9.17, 15) is 9.90 Å². The Morgan fingerprint density at radius 1 is 1.15 bits per heavy atom. The lowest BCUT2D eigenvalue weighted by Gasteiger charge is -2.20. The number of nitrogens with zero attached hydrogens (tertiary/aromatic N) is 4. The molecule has 0 fully saturated rings. The van der Waals surface area contributed by atoms with Crippen LogP contribution in [0.3, 0.4) is 0 Å². The second kappa shape index (κ2) is 7.72. The van der Waals surface area contributed by atoms with Crippen LogP contribution in [-0.2, 0) is 24.3 Å². The topological polar surface area (TPSA) is 71.2 Å². The minimum absolute atomic E-state index is 0.0859. The van der Waals surface area contributed by atoms with Crippen molar-refractivity contribution in [2.24, 2.45) is 0 Å². The first-order chi connectivity index (χ1) is 13.2. The zero-order chi connectivity index (χ0) is 18.6. The Balaban J connectivity index is 1.50. The van der Waals surface area contributed by atoms with Gasteiger partial charge in [0.1, 0.15) is 6.10 Å². The summed E-state index contributed by atoms with van der Waals surface area (Å²) < 4.78 is 1.92. The van der Waals surface area contributed by atoms with E-state index in [0.29, 0.717) is 25.2 Å². The van der Waals surface area contributed by atoms with Gasteiger partial charge in [-0.2, -0.15) is 5.10 Å². The molecule has 27 heavy (non-hydrogen) atoms. The second-order valence-corrected chi connectivity index (χ2v) is 6.80. The largest absolute Gasteiger partial charge is 0.382 e. The number of carbonyl (C=O) groups excluding carboxylic acids is 1. The average Bonchev–Trinajstić information content (AvgIpc) is 3.00. The average molecular weight is 362 g/mol. The molecule has 1 aliphatic heterocycles. The summed E-state index contributed by atoms with van der Waals surface area (Å²) in [7, 11) is 0. The summed E-state index contributed by atoms with van der Waals surface area (Å²) in [4.78, 5) is 18.7. The third kappa shape index (κ3) is 3.90. The third-order valence-electron chi connectivity index (χ3n) is 4.86. The number of aliphatic hydroxyl groups excluding tert-OH is 1. The van der Waals surface area contributed by atoms with Crippen molar-refractivity contribution in [3.8, 4) is 0 Å². The van der Waals surface area contributed by atoms with Crippen LogP contribution in [0.2, 0.25) is 0 Å². The van der Waals surface area contributed by atoms with Gasteiger partial charge in [0.25, 0.3) is 0 Å². The Kier molecular flexibility index (Phi) is 4.98. The summed E-state index contributed by atoms with van der Waals surface area (Å²) in [6.45, 7) is 1.96. The Morgan fingerprint density at radius 3 is 2.78 bits per heavy atom. The number of hydrogen-bond donors (Lipinski definition) is 1. The van der Waals surface area contributed by atoms with Gasteiger partial charge in [0.15, 0.2) is 0 Å². The number of aromatic nitrogens is 3. The monoisotopic (exact) mass is 362 g/mol. The highest BCUT2D eigenvalue weighted by Crippen LogP contribution is 2.23. The van der Waals surface area contributed by atoms with E-state index < -0.39 is 6.10 Å². The fraction of sp³-hybridized carbons (Fsp3) is 0.286. The van der Waals surface area contributed by atoms with Crippen LogP contribution in [0.5, 0.6) is 0 Å². The van der Waals surface area contributed by atoms with Crippen molar-refractivity contribution >= 4 is 5.91 Å². The van der Waals surface area contributed by atoms with Crippen LogP contribution in [0, 0.1) is 0 Å². The van der Waals surface area contributed by atoms with Crippen LogP contribution >= 0.6 is 0 Å². The quantitative estimate of drug-likeness (QED) is 0.773. The van der Waals surface area contributed by atoms with E-state index in [-0.39, 0.29) is 5.91 Å². The van der Waals surface area contributed by atoms with Crippen LogP contribution in [0.4, 0.5) is 0 Å². The molecule has 1 N–H and O–H groups in total. The molecule has 138 valence electrons. The van der Waals surface area contributed by atoms with Crippen LogP contribution in [-0.4, -0.2) is 37.2 Å². The lowest BCUT2D eigenvalue weighted by atomic mass is 10.1. The minimum atomic E-state index is -0.759. The molecule has 0 saturated heterocycles. The summed E-state index contributed by atoms with van der Waals surface area (Å²) in [5.41, 5.74) is 3.31. The van der Waals surface area contributed by atoms with Gasteiger partial charge in [-0.3, -0.25) is 14.5 Å². The number of aryl methyl sites for hydroxylation is 1. The fourth-order valence-corrected chi connectivity index (χ4v) is 3.43. The lowest BCUT2D eigenvalue weighted by molar-refractivity contribution is -0.131. The van der Waals surface area contributed by atoms with Gasteiger partial charge in [-0.1, -0.05) is 36.4 Å². The molecule has 1 atom stereocenters. The molecule has 0 radical (unpaired) electrons. The molecule has 0 spiro atoms. The number of rotatable bonds is 4. The second-order valence-electron chi connectivity index (χ2n) is 6.80. The Labute approximate surface area is 158 Å². The molecule has 0 aliphatic carbocycles. The molecule has 1 aromatic carbocycles. The minimum Gasteiger partial charge on any atom is -0.382 e. The predicted octanol–water partition coefficient (Wildman–Crippen LogP) is 2.33. The van der Waals surface area contributed by atoms with Crippen LogP contribution in [0.15, 0.2) is 60.9 Å². The van der Waals surface area contributed by atoms with E-state index in [1.165, 1.54) is 0 Å². The van der Waals surface area contributed by atoms with Crippen molar-refractivity contribution in [1.29, 1.82) is 0 Å². The molecule has 2 aromatic heterocycles.